The summed E-state index contributed by atoms with van der Waals surface area (Å²) in [7, 11) is 7.49. The molecule has 0 aliphatic rings. The van der Waals surface area contributed by atoms with Crippen molar-refractivity contribution in [3.63, 3.8) is 0 Å². The molecule has 0 aliphatic carbocycles. The maximum atomic E-state index is 12.6. The van der Waals surface area contributed by atoms with Gasteiger partial charge in [-0.25, -0.2) is 0 Å². The molecule has 0 spiro atoms. The van der Waals surface area contributed by atoms with E-state index in [2.05, 4.69) is 5.32 Å². The molecule has 0 aromatic heterocycles. The third-order valence-electron chi connectivity index (χ3n) is 4.04. The Hall–Kier alpha value is -3.86. The number of nitrogens with zero attached hydrogens (tertiary/aromatic N) is 1. The molecule has 1 amide bonds. The SMILES string of the molecule is COc1cc(OC)c(OC)cc1/C=C(\C#N)C(=O)Nc1ccc(OC)c(OC)c1. The number of nitrogens with one attached hydrogen (secondary N) is 1. The lowest BCUT2D eigenvalue weighted by atomic mass is 10.1. The normalized spacial score (nSPS) is 10.6. The minimum absolute atomic E-state index is 0.120. The average Bonchev–Trinajstić information content (AvgIpc) is 2.76. The Morgan fingerprint density at radius 1 is 0.828 bits per heavy atom. The molecule has 0 saturated carbocycles. The first-order valence-corrected chi connectivity index (χ1v) is 8.46. The Kier molecular flexibility index (Phi) is 7.32. The molecule has 1 N–H and O–H groups in total. The fourth-order valence-electron chi connectivity index (χ4n) is 2.58. The van der Waals surface area contributed by atoms with E-state index in [1.165, 1.54) is 41.6 Å². The van der Waals surface area contributed by atoms with Gasteiger partial charge in [0.2, 0.25) is 0 Å². The van der Waals surface area contributed by atoms with E-state index in [1.54, 1.807) is 30.3 Å². The summed E-state index contributed by atoms with van der Waals surface area (Å²) in [6.45, 7) is 0. The van der Waals surface area contributed by atoms with Crippen LogP contribution in [0.5, 0.6) is 28.7 Å². The first-order chi connectivity index (χ1) is 14.0. The van der Waals surface area contributed by atoms with E-state index >= 15 is 0 Å². The van der Waals surface area contributed by atoms with Crippen LogP contribution in [0.1, 0.15) is 5.56 Å². The topological polar surface area (TPSA) is 99.0 Å². The summed E-state index contributed by atoms with van der Waals surface area (Å²) in [6, 6.07) is 10.0. The molecule has 0 heterocycles. The van der Waals surface area contributed by atoms with Crippen LogP contribution in [0.15, 0.2) is 35.9 Å². The molecule has 8 heteroatoms. The maximum absolute atomic E-state index is 12.6. The molecule has 0 fully saturated rings. The summed E-state index contributed by atoms with van der Waals surface area (Å²) in [4.78, 5) is 12.6. The minimum Gasteiger partial charge on any atom is -0.496 e. The Balaban J connectivity index is 2.37. The van der Waals surface area contributed by atoms with Crippen molar-refractivity contribution in [1.29, 1.82) is 5.26 Å². The smallest absolute Gasteiger partial charge is 0.266 e. The van der Waals surface area contributed by atoms with Crippen LogP contribution in [0.4, 0.5) is 5.69 Å². The molecule has 2 aromatic rings. The highest BCUT2D eigenvalue weighted by atomic mass is 16.5. The van der Waals surface area contributed by atoms with Crippen molar-refractivity contribution in [2.75, 3.05) is 40.9 Å². The zero-order valence-corrected chi connectivity index (χ0v) is 16.9. The number of hydrogen-bond donors (Lipinski definition) is 1. The zero-order chi connectivity index (χ0) is 21.4. The van der Waals surface area contributed by atoms with E-state index in [0.717, 1.165) is 0 Å². The lowest BCUT2D eigenvalue weighted by molar-refractivity contribution is -0.112. The van der Waals surface area contributed by atoms with Gasteiger partial charge in [0.05, 0.1) is 35.5 Å². The largest absolute Gasteiger partial charge is 0.496 e. The van der Waals surface area contributed by atoms with Crippen LogP contribution in [-0.2, 0) is 4.79 Å². The molecule has 0 saturated heterocycles. The van der Waals surface area contributed by atoms with Crippen molar-refractivity contribution >= 4 is 17.7 Å². The van der Waals surface area contributed by atoms with Gasteiger partial charge in [-0.2, -0.15) is 5.26 Å². The highest BCUT2D eigenvalue weighted by Gasteiger charge is 2.15. The quantitative estimate of drug-likeness (QED) is 0.538. The van der Waals surface area contributed by atoms with Gasteiger partial charge in [0, 0.05) is 23.4 Å². The molecular weight excluding hydrogens is 376 g/mol. The first-order valence-electron chi connectivity index (χ1n) is 8.46. The lowest BCUT2D eigenvalue weighted by Gasteiger charge is -2.13. The summed E-state index contributed by atoms with van der Waals surface area (Å²) in [5.74, 6) is 1.73. The van der Waals surface area contributed by atoms with Gasteiger partial charge in [-0.1, -0.05) is 0 Å². The van der Waals surface area contributed by atoms with Crippen LogP contribution in [0.3, 0.4) is 0 Å². The second kappa shape index (κ2) is 9.90. The Morgan fingerprint density at radius 3 is 1.93 bits per heavy atom. The average molecular weight is 398 g/mol. The monoisotopic (exact) mass is 398 g/mol. The molecule has 2 aromatic carbocycles. The molecule has 0 radical (unpaired) electrons. The number of rotatable bonds is 8. The fraction of sp³-hybridized carbons (Fsp3) is 0.238. The number of amides is 1. The highest BCUT2D eigenvalue weighted by molar-refractivity contribution is 6.10. The van der Waals surface area contributed by atoms with Crippen molar-refractivity contribution in [2.24, 2.45) is 0 Å². The molecule has 2 rings (SSSR count). The second-order valence-corrected chi connectivity index (χ2v) is 5.64. The van der Waals surface area contributed by atoms with Gasteiger partial charge < -0.3 is 29.0 Å². The molecular formula is C21H22N2O6. The van der Waals surface area contributed by atoms with Crippen LogP contribution in [0.25, 0.3) is 6.08 Å². The number of methoxy groups -OCH3 is 5. The Bertz CT molecular complexity index is 962. The summed E-state index contributed by atoms with van der Waals surface area (Å²) in [5, 5.41) is 12.2. The number of carbonyl (C=O) groups excluding carboxylic acids is 1. The maximum Gasteiger partial charge on any atom is 0.266 e. The first kappa shape index (κ1) is 21.4. The summed E-state index contributed by atoms with van der Waals surface area (Å²) >= 11 is 0. The molecule has 8 nitrogen and oxygen atoms in total. The highest BCUT2D eigenvalue weighted by Crippen LogP contribution is 2.36. The van der Waals surface area contributed by atoms with Gasteiger partial charge in [0.25, 0.3) is 5.91 Å². The van der Waals surface area contributed by atoms with Gasteiger partial charge in [-0.15, -0.1) is 0 Å². The molecule has 0 aliphatic heterocycles. The van der Waals surface area contributed by atoms with Crippen molar-refractivity contribution in [3.05, 3.63) is 41.5 Å². The molecule has 152 valence electrons. The van der Waals surface area contributed by atoms with Gasteiger partial charge in [0.15, 0.2) is 23.0 Å². The summed E-state index contributed by atoms with van der Waals surface area (Å²) in [6.07, 6.45) is 1.41. The van der Waals surface area contributed by atoms with E-state index in [9.17, 15) is 10.1 Å². The van der Waals surface area contributed by atoms with E-state index in [4.69, 9.17) is 23.7 Å². The van der Waals surface area contributed by atoms with Crippen LogP contribution in [-0.4, -0.2) is 41.5 Å². The molecule has 0 unspecified atom stereocenters. The number of nitriles is 1. The predicted octanol–water partition coefficient (Wildman–Crippen LogP) is 3.28. The standard InChI is InChI=1S/C21H22N2O6/c1-25-16-7-6-15(10-19(16)28-4)23-21(24)14(12-22)8-13-9-18(27-3)20(29-5)11-17(13)26-2/h6-11H,1-5H3,(H,23,24)/b14-8+. The minimum atomic E-state index is -0.587. The van der Waals surface area contributed by atoms with Crippen LogP contribution in [0, 0.1) is 11.3 Å². The van der Waals surface area contributed by atoms with Crippen molar-refractivity contribution in [3.8, 4) is 34.8 Å². The second-order valence-electron chi connectivity index (χ2n) is 5.64. The van der Waals surface area contributed by atoms with E-state index in [0.29, 0.717) is 40.0 Å². The van der Waals surface area contributed by atoms with Crippen LogP contribution in [0.2, 0.25) is 0 Å². The molecule has 0 atom stereocenters. The van der Waals surface area contributed by atoms with Gasteiger partial charge in [-0.05, 0) is 24.3 Å². The third-order valence-corrected chi connectivity index (χ3v) is 4.04. The molecule has 0 bridgehead atoms. The number of hydrogen-bond acceptors (Lipinski definition) is 7. The van der Waals surface area contributed by atoms with Crippen molar-refractivity contribution < 1.29 is 28.5 Å². The van der Waals surface area contributed by atoms with Crippen molar-refractivity contribution in [2.45, 2.75) is 0 Å². The number of anilines is 1. The lowest BCUT2D eigenvalue weighted by Crippen LogP contribution is -2.13. The molecule has 29 heavy (non-hydrogen) atoms. The Labute approximate surface area is 169 Å². The number of carbonyl (C=O) groups is 1. The summed E-state index contributed by atoms with van der Waals surface area (Å²) in [5.41, 5.74) is 0.822. The van der Waals surface area contributed by atoms with Gasteiger partial charge in [0.1, 0.15) is 17.4 Å². The van der Waals surface area contributed by atoms with E-state index in [-0.39, 0.29) is 5.57 Å². The third kappa shape index (κ3) is 4.90. The van der Waals surface area contributed by atoms with Crippen molar-refractivity contribution in [1.82, 2.24) is 0 Å². The van der Waals surface area contributed by atoms with Gasteiger partial charge >= 0.3 is 0 Å². The van der Waals surface area contributed by atoms with E-state index in [1.807, 2.05) is 6.07 Å². The van der Waals surface area contributed by atoms with Crippen LogP contribution >= 0.6 is 0 Å². The van der Waals surface area contributed by atoms with E-state index < -0.39 is 5.91 Å². The number of benzene rings is 2. The fourth-order valence-corrected chi connectivity index (χ4v) is 2.58. The zero-order valence-electron chi connectivity index (χ0n) is 16.9. The van der Waals surface area contributed by atoms with Crippen LogP contribution < -0.4 is 29.0 Å². The predicted molar refractivity (Wildman–Crippen MR) is 108 cm³/mol. The number of ether oxygens (including phenoxy) is 5. The van der Waals surface area contributed by atoms with Gasteiger partial charge in [-0.3, -0.25) is 4.79 Å². The summed E-state index contributed by atoms with van der Waals surface area (Å²) < 4.78 is 26.2. The Morgan fingerprint density at radius 2 is 1.38 bits per heavy atom.